The number of benzene rings is 1. The van der Waals surface area contributed by atoms with Crippen LogP contribution in [0.25, 0.3) is 0 Å². The third-order valence-corrected chi connectivity index (χ3v) is 1.50. The van der Waals surface area contributed by atoms with E-state index < -0.39 is 11.9 Å². The molecule has 1 amide bonds. The van der Waals surface area contributed by atoms with Crippen LogP contribution in [0.3, 0.4) is 0 Å². The molecule has 0 aromatic heterocycles. The van der Waals surface area contributed by atoms with Crippen molar-refractivity contribution in [2.45, 2.75) is 0 Å². The summed E-state index contributed by atoms with van der Waals surface area (Å²) in [7, 11) is 1.66. The number of hydrogen-bond donors (Lipinski definition) is 3. The lowest BCUT2D eigenvalue weighted by Gasteiger charge is -2.05. The molecule has 1 rings (SSSR count). The molecule has 4 nitrogen and oxygen atoms in total. The normalized spacial score (nSPS) is 9.38. The molecule has 0 aliphatic rings. The van der Waals surface area contributed by atoms with Gasteiger partial charge in [-0.2, -0.15) is 0 Å². The predicted molar refractivity (Wildman–Crippen MR) is 47.6 cm³/mol. The molecule has 0 saturated carbocycles. The molecule has 0 fully saturated rings. The number of hydrogen-bond acceptors (Lipinski definition) is 2. The van der Waals surface area contributed by atoms with E-state index in [4.69, 9.17) is 5.11 Å². The second kappa shape index (κ2) is 3.75. The summed E-state index contributed by atoms with van der Waals surface area (Å²) in [6.07, 6.45) is -1.29. The highest BCUT2D eigenvalue weighted by atomic mass is 19.1. The number of halogens is 1. The number of rotatable bonds is 2. The van der Waals surface area contributed by atoms with Gasteiger partial charge in [-0.25, -0.2) is 9.18 Å². The Balaban J connectivity index is 2.96. The molecule has 0 radical (unpaired) electrons. The molecule has 0 atom stereocenters. The smallest absolute Gasteiger partial charge is 0.409 e. The summed E-state index contributed by atoms with van der Waals surface area (Å²) in [6.45, 7) is 0. The molecule has 70 valence electrons. The summed E-state index contributed by atoms with van der Waals surface area (Å²) in [4.78, 5) is 10.2. The molecule has 3 N–H and O–H groups in total. The quantitative estimate of drug-likeness (QED) is 0.658. The van der Waals surface area contributed by atoms with Crippen LogP contribution in [-0.4, -0.2) is 18.2 Å². The van der Waals surface area contributed by atoms with Gasteiger partial charge in [0.1, 0.15) is 5.82 Å². The van der Waals surface area contributed by atoms with Gasteiger partial charge in [0, 0.05) is 12.7 Å². The fourth-order valence-electron chi connectivity index (χ4n) is 0.892. The molecule has 0 spiro atoms. The topological polar surface area (TPSA) is 61.4 Å². The summed E-state index contributed by atoms with van der Waals surface area (Å²) in [5.41, 5.74) is 0.588. The van der Waals surface area contributed by atoms with Crippen molar-refractivity contribution >= 4 is 17.5 Å². The van der Waals surface area contributed by atoms with Gasteiger partial charge in [-0.3, -0.25) is 5.32 Å². The Morgan fingerprint density at radius 3 is 2.77 bits per heavy atom. The number of anilines is 2. The van der Waals surface area contributed by atoms with Crippen molar-refractivity contribution in [3.63, 3.8) is 0 Å². The second-order valence-corrected chi connectivity index (χ2v) is 2.37. The molecule has 0 aliphatic heterocycles. The zero-order chi connectivity index (χ0) is 9.84. The Kier molecular flexibility index (Phi) is 2.69. The molecule has 13 heavy (non-hydrogen) atoms. The maximum absolute atomic E-state index is 12.9. The van der Waals surface area contributed by atoms with Crippen LogP contribution in [0, 0.1) is 5.82 Å². The monoisotopic (exact) mass is 184 g/mol. The van der Waals surface area contributed by atoms with Crippen LogP contribution in [0.5, 0.6) is 0 Å². The van der Waals surface area contributed by atoms with Crippen LogP contribution < -0.4 is 10.6 Å². The van der Waals surface area contributed by atoms with Crippen LogP contribution >= 0.6 is 0 Å². The van der Waals surface area contributed by atoms with Crippen molar-refractivity contribution in [2.75, 3.05) is 17.7 Å². The van der Waals surface area contributed by atoms with Crippen molar-refractivity contribution in [1.82, 2.24) is 0 Å². The predicted octanol–water partition coefficient (Wildman–Crippen LogP) is 1.96. The van der Waals surface area contributed by atoms with Gasteiger partial charge in [0.25, 0.3) is 0 Å². The average Bonchev–Trinajstić information content (AvgIpc) is 2.08. The molecule has 1 aromatic rings. The van der Waals surface area contributed by atoms with Crippen molar-refractivity contribution in [1.29, 1.82) is 0 Å². The lowest BCUT2D eigenvalue weighted by molar-refractivity contribution is 0.209. The van der Waals surface area contributed by atoms with Gasteiger partial charge >= 0.3 is 6.09 Å². The highest BCUT2D eigenvalue weighted by molar-refractivity contribution is 5.83. The maximum atomic E-state index is 12.9. The van der Waals surface area contributed by atoms with E-state index in [1.54, 1.807) is 7.05 Å². The van der Waals surface area contributed by atoms with E-state index >= 15 is 0 Å². The van der Waals surface area contributed by atoms with E-state index in [-0.39, 0.29) is 5.69 Å². The maximum Gasteiger partial charge on any atom is 0.409 e. The molecule has 0 saturated heterocycles. The van der Waals surface area contributed by atoms with Gasteiger partial charge in [0.2, 0.25) is 0 Å². The molecule has 0 heterocycles. The largest absolute Gasteiger partial charge is 0.465 e. The van der Waals surface area contributed by atoms with Gasteiger partial charge in [0.05, 0.1) is 5.69 Å². The minimum atomic E-state index is -1.29. The zero-order valence-corrected chi connectivity index (χ0v) is 6.97. The molecule has 0 bridgehead atoms. The summed E-state index contributed by atoms with van der Waals surface area (Å²) in [6, 6.07) is 4.09. The highest BCUT2D eigenvalue weighted by Crippen LogP contribution is 2.18. The fourth-order valence-corrected chi connectivity index (χ4v) is 0.892. The Bertz CT molecular complexity index is 328. The zero-order valence-electron chi connectivity index (χ0n) is 6.97. The van der Waals surface area contributed by atoms with Gasteiger partial charge in [-0.15, -0.1) is 0 Å². The molecule has 1 aromatic carbocycles. The molecular weight excluding hydrogens is 175 g/mol. The van der Waals surface area contributed by atoms with E-state index in [9.17, 15) is 9.18 Å². The number of carbonyl (C=O) groups is 1. The van der Waals surface area contributed by atoms with Crippen molar-refractivity contribution < 1.29 is 14.3 Å². The summed E-state index contributed by atoms with van der Waals surface area (Å²) < 4.78 is 12.9. The fraction of sp³-hybridized carbons (Fsp3) is 0.125. The second-order valence-electron chi connectivity index (χ2n) is 2.37. The summed E-state index contributed by atoms with van der Waals surface area (Å²) in [5, 5.41) is 13.1. The lowest BCUT2D eigenvalue weighted by Crippen LogP contribution is -2.09. The first-order valence-corrected chi connectivity index (χ1v) is 3.60. The Morgan fingerprint density at radius 2 is 2.23 bits per heavy atom. The van der Waals surface area contributed by atoms with Crippen molar-refractivity contribution in [2.24, 2.45) is 0 Å². The van der Waals surface area contributed by atoms with Crippen molar-refractivity contribution in [3.05, 3.63) is 24.0 Å². The SMILES string of the molecule is CNc1ccc(F)c(NC(=O)O)c1. The van der Waals surface area contributed by atoms with E-state index in [0.717, 1.165) is 0 Å². The standard InChI is InChI=1S/C8H9FN2O2/c1-10-5-2-3-6(9)7(4-5)11-8(12)13/h2-4,10-11H,1H3,(H,12,13). The summed E-state index contributed by atoms with van der Waals surface area (Å²) >= 11 is 0. The minimum absolute atomic E-state index is 0.0562. The van der Waals surface area contributed by atoms with Crippen molar-refractivity contribution in [3.8, 4) is 0 Å². The van der Waals surface area contributed by atoms with Crippen LogP contribution in [0.2, 0.25) is 0 Å². The first kappa shape index (κ1) is 9.31. The number of carboxylic acid groups (broad SMARTS) is 1. The van der Waals surface area contributed by atoms with Gasteiger partial charge in [-0.05, 0) is 18.2 Å². The first-order chi connectivity index (χ1) is 6.13. The van der Waals surface area contributed by atoms with Crippen LogP contribution in [0.4, 0.5) is 20.6 Å². The van der Waals surface area contributed by atoms with Crippen LogP contribution in [0.15, 0.2) is 18.2 Å². The minimum Gasteiger partial charge on any atom is -0.465 e. The highest BCUT2D eigenvalue weighted by Gasteiger charge is 2.05. The summed E-state index contributed by atoms with van der Waals surface area (Å²) in [5.74, 6) is -0.596. The molecule has 0 unspecified atom stereocenters. The van der Waals surface area contributed by atoms with Crippen LogP contribution in [-0.2, 0) is 0 Å². The third kappa shape index (κ3) is 2.33. The third-order valence-electron chi connectivity index (χ3n) is 1.50. The van der Waals surface area contributed by atoms with Gasteiger partial charge < -0.3 is 10.4 Å². The number of amides is 1. The van der Waals surface area contributed by atoms with Gasteiger partial charge in [0.15, 0.2) is 0 Å². The first-order valence-electron chi connectivity index (χ1n) is 3.60. The van der Waals surface area contributed by atoms with E-state index in [1.165, 1.54) is 18.2 Å². The van der Waals surface area contributed by atoms with Crippen LogP contribution in [0.1, 0.15) is 0 Å². The van der Waals surface area contributed by atoms with E-state index in [0.29, 0.717) is 5.69 Å². The Labute approximate surface area is 74.4 Å². The average molecular weight is 184 g/mol. The van der Waals surface area contributed by atoms with E-state index in [2.05, 4.69) is 5.32 Å². The van der Waals surface area contributed by atoms with E-state index in [1.807, 2.05) is 5.32 Å². The number of nitrogens with one attached hydrogen (secondary N) is 2. The lowest BCUT2D eigenvalue weighted by atomic mass is 10.2. The Hall–Kier alpha value is -1.78. The molecule has 5 heteroatoms. The Morgan fingerprint density at radius 1 is 1.54 bits per heavy atom. The molecule has 0 aliphatic carbocycles. The molecular formula is C8H9FN2O2. The van der Waals surface area contributed by atoms with Gasteiger partial charge in [-0.1, -0.05) is 0 Å².